The Morgan fingerprint density at radius 1 is 1.24 bits per heavy atom. The monoisotopic (exact) mass is 353 g/mol. The number of fused-ring (bicyclic) bond motifs is 1. The summed E-state index contributed by atoms with van der Waals surface area (Å²) in [5.41, 5.74) is 10.1. The average Bonchev–Trinajstić information content (AvgIpc) is 2.47. The maximum atomic E-state index is 11.0. The fraction of sp³-hybridized carbons (Fsp3) is 0.533. The smallest absolute Gasteiger partial charge is 0.407 e. The number of hydrogen-bond donors (Lipinski definition) is 2. The first-order chi connectivity index (χ1) is 10.1. The first-order valence-corrected chi connectivity index (χ1v) is 8.14. The van der Waals surface area contributed by atoms with Crippen molar-refractivity contribution in [3.8, 4) is 0 Å². The molecule has 0 radical (unpaired) electrons. The number of carboxylic acid groups (broad SMARTS) is 1. The van der Waals surface area contributed by atoms with Gasteiger partial charge in [0, 0.05) is 42.4 Å². The normalized spacial score (nSPS) is 22.1. The second kappa shape index (κ2) is 5.85. The molecule has 1 saturated heterocycles. The molecule has 3 rings (SSSR count). The molecule has 1 fully saturated rings. The summed E-state index contributed by atoms with van der Waals surface area (Å²) in [4.78, 5) is 14.8. The van der Waals surface area contributed by atoms with Crippen molar-refractivity contribution >= 4 is 27.7 Å². The fourth-order valence-electron chi connectivity index (χ4n) is 3.28. The number of hydrogen-bond acceptors (Lipinski definition) is 3. The van der Waals surface area contributed by atoms with Crippen LogP contribution in [0.5, 0.6) is 0 Å². The summed E-state index contributed by atoms with van der Waals surface area (Å²) in [5, 5.41) is 9.04. The zero-order valence-corrected chi connectivity index (χ0v) is 13.5. The first kappa shape index (κ1) is 14.7. The molecule has 114 valence electrons. The SMILES string of the molecule is N[C@@H]1CCc2c(Br)ccc(N3CCN(C(=O)O)CC3)c2C1. The minimum atomic E-state index is -0.825. The molecule has 0 bridgehead atoms. The Bertz CT molecular complexity index is 556. The van der Waals surface area contributed by atoms with Crippen LogP contribution in [0.2, 0.25) is 0 Å². The van der Waals surface area contributed by atoms with Crippen molar-refractivity contribution in [1.82, 2.24) is 4.90 Å². The highest BCUT2D eigenvalue weighted by Gasteiger charge is 2.26. The zero-order chi connectivity index (χ0) is 15.0. The van der Waals surface area contributed by atoms with Crippen molar-refractivity contribution in [3.63, 3.8) is 0 Å². The predicted octanol–water partition coefficient (Wildman–Crippen LogP) is 2.07. The van der Waals surface area contributed by atoms with E-state index in [1.165, 1.54) is 21.7 Å². The van der Waals surface area contributed by atoms with Crippen LogP contribution in [0.3, 0.4) is 0 Å². The molecule has 3 N–H and O–H groups in total. The summed E-state index contributed by atoms with van der Waals surface area (Å²) in [6, 6.07) is 4.47. The summed E-state index contributed by atoms with van der Waals surface area (Å²) >= 11 is 3.64. The van der Waals surface area contributed by atoms with Gasteiger partial charge in [-0.2, -0.15) is 0 Å². The molecule has 1 aromatic carbocycles. The lowest BCUT2D eigenvalue weighted by molar-refractivity contribution is 0.142. The Morgan fingerprint density at radius 2 is 1.95 bits per heavy atom. The van der Waals surface area contributed by atoms with Gasteiger partial charge in [-0.05, 0) is 42.5 Å². The lowest BCUT2D eigenvalue weighted by Crippen LogP contribution is -2.48. The largest absolute Gasteiger partial charge is 0.465 e. The maximum absolute atomic E-state index is 11.0. The van der Waals surface area contributed by atoms with E-state index < -0.39 is 6.09 Å². The van der Waals surface area contributed by atoms with E-state index in [1.807, 2.05) is 0 Å². The van der Waals surface area contributed by atoms with E-state index in [2.05, 4.69) is 33.0 Å². The van der Waals surface area contributed by atoms with Gasteiger partial charge in [0.1, 0.15) is 0 Å². The summed E-state index contributed by atoms with van der Waals surface area (Å²) in [6.07, 6.45) is 2.12. The van der Waals surface area contributed by atoms with Crippen molar-refractivity contribution in [2.45, 2.75) is 25.3 Å². The minimum Gasteiger partial charge on any atom is -0.465 e. The Hall–Kier alpha value is -1.27. The van der Waals surface area contributed by atoms with Crippen molar-refractivity contribution in [3.05, 3.63) is 27.7 Å². The molecular formula is C15H20BrN3O2. The molecule has 1 amide bonds. The average molecular weight is 354 g/mol. The number of anilines is 1. The molecule has 21 heavy (non-hydrogen) atoms. The molecule has 1 aliphatic heterocycles. The van der Waals surface area contributed by atoms with Crippen LogP contribution in [-0.4, -0.2) is 48.3 Å². The molecule has 0 spiro atoms. The summed E-state index contributed by atoms with van der Waals surface area (Å²) < 4.78 is 1.16. The van der Waals surface area contributed by atoms with E-state index >= 15 is 0 Å². The second-order valence-corrected chi connectivity index (χ2v) is 6.64. The van der Waals surface area contributed by atoms with Crippen LogP contribution in [0, 0.1) is 0 Å². The lowest BCUT2D eigenvalue weighted by Gasteiger charge is -2.37. The van der Waals surface area contributed by atoms with E-state index in [1.54, 1.807) is 0 Å². The number of benzene rings is 1. The van der Waals surface area contributed by atoms with Crippen LogP contribution >= 0.6 is 15.9 Å². The van der Waals surface area contributed by atoms with Gasteiger partial charge in [-0.25, -0.2) is 4.79 Å². The maximum Gasteiger partial charge on any atom is 0.407 e. The van der Waals surface area contributed by atoms with Crippen LogP contribution in [-0.2, 0) is 12.8 Å². The second-order valence-electron chi connectivity index (χ2n) is 5.78. The number of amides is 1. The third-order valence-electron chi connectivity index (χ3n) is 4.47. The number of rotatable bonds is 1. The Morgan fingerprint density at radius 3 is 2.62 bits per heavy atom. The van der Waals surface area contributed by atoms with Crippen LogP contribution in [0.25, 0.3) is 0 Å². The van der Waals surface area contributed by atoms with E-state index in [0.717, 1.165) is 36.8 Å². The van der Waals surface area contributed by atoms with Gasteiger partial charge < -0.3 is 20.6 Å². The van der Waals surface area contributed by atoms with Crippen LogP contribution < -0.4 is 10.6 Å². The highest BCUT2D eigenvalue weighted by Crippen LogP contribution is 2.35. The van der Waals surface area contributed by atoms with Crippen molar-refractivity contribution in [2.24, 2.45) is 5.73 Å². The molecule has 1 aliphatic carbocycles. The molecular weight excluding hydrogens is 334 g/mol. The number of nitrogens with zero attached hydrogens (tertiary/aromatic N) is 2. The third kappa shape index (κ3) is 2.87. The zero-order valence-electron chi connectivity index (χ0n) is 11.9. The molecule has 1 aromatic rings. The van der Waals surface area contributed by atoms with Crippen molar-refractivity contribution in [1.29, 1.82) is 0 Å². The number of carbonyl (C=O) groups is 1. The van der Waals surface area contributed by atoms with Gasteiger partial charge in [0.15, 0.2) is 0 Å². The van der Waals surface area contributed by atoms with Crippen LogP contribution in [0.4, 0.5) is 10.5 Å². The first-order valence-electron chi connectivity index (χ1n) is 7.35. The number of nitrogens with two attached hydrogens (primary N) is 1. The van der Waals surface area contributed by atoms with Crippen LogP contribution in [0.1, 0.15) is 17.5 Å². The molecule has 1 heterocycles. The van der Waals surface area contributed by atoms with E-state index in [4.69, 9.17) is 10.8 Å². The van der Waals surface area contributed by atoms with E-state index in [0.29, 0.717) is 13.1 Å². The fourth-order valence-corrected chi connectivity index (χ4v) is 3.85. The third-order valence-corrected chi connectivity index (χ3v) is 5.21. The summed E-state index contributed by atoms with van der Waals surface area (Å²) in [5.74, 6) is 0. The molecule has 5 nitrogen and oxygen atoms in total. The number of piperazine rings is 1. The topological polar surface area (TPSA) is 69.8 Å². The quantitative estimate of drug-likeness (QED) is 0.810. The van der Waals surface area contributed by atoms with Gasteiger partial charge in [0.25, 0.3) is 0 Å². The predicted molar refractivity (Wildman–Crippen MR) is 86.0 cm³/mol. The Kier molecular flexibility index (Phi) is 4.08. The van der Waals surface area contributed by atoms with Gasteiger partial charge in [-0.15, -0.1) is 0 Å². The Labute approximate surface area is 132 Å². The van der Waals surface area contributed by atoms with Gasteiger partial charge in [0.2, 0.25) is 0 Å². The van der Waals surface area contributed by atoms with E-state index in [9.17, 15) is 4.79 Å². The minimum absolute atomic E-state index is 0.228. The van der Waals surface area contributed by atoms with Gasteiger partial charge >= 0.3 is 6.09 Å². The molecule has 6 heteroatoms. The molecule has 2 aliphatic rings. The molecule has 0 unspecified atom stereocenters. The molecule has 1 atom stereocenters. The van der Waals surface area contributed by atoms with E-state index in [-0.39, 0.29) is 6.04 Å². The van der Waals surface area contributed by atoms with Crippen LogP contribution in [0.15, 0.2) is 16.6 Å². The van der Waals surface area contributed by atoms with Gasteiger partial charge in [-0.3, -0.25) is 0 Å². The lowest BCUT2D eigenvalue weighted by atomic mass is 9.87. The van der Waals surface area contributed by atoms with Gasteiger partial charge in [-0.1, -0.05) is 15.9 Å². The molecule has 0 aromatic heterocycles. The highest BCUT2D eigenvalue weighted by molar-refractivity contribution is 9.10. The summed E-state index contributed by atoms with van der Waals surface area (Å²) in [7, 11) is 0. The van der Waals surface area contributed by atoms with Gasteiger partial charge in [0.05, 0.1) is 0 Å². The Balaban J connectivity index is 1.85. The summed E-state index contributed by atoms with van der Waals surface area (Å²) in [6.45, 7) is 2.61. The highest BCUT2D eigenvalue weighted by atomic mass is 79.9. The number of halogens is 1. The van der Waals surface area contributed by atoms with Crippen molar-refractivity contribution in [2.75, 3.05) is 31.1 Å². The van der Waals surface area contributed by atoms with Crippen molar-refractivity contribution < 1.29 is 9.90 Å². The standard InChI is InChI=1S/C15H20BrN3O2/c16-13-3-4-14(12-9-10(17)1-2-11(12)13)18-5-7-19(8-6-18)15(20)21/h3-4,10H,1-2,5-9,17H2,(H,20,21)/t10-/m1/s1. The molecule has 0 saturated carbocycles.